The van der Waals surface area contributed by atoms with Gasteiger partial charge in [0.05, 0.1) is 13.2 Å². The Labute approximate surface area is 84.2 Å². The fourth-order valence-corrected chi connectivity index (χ4v) is 0.702. The molecule has 0 radical (unpaired) electrons. The number of carbonyl (C=O) groups is 1. The molecule has 0 heterocycles. The quantitative estimate of drug-likeness (QED) is 0.406. The first-order chi connectivity index (χ1) is 6.61. The van der Waals surface area contributed by atoms with Gasteiger partial charge in [-0.3, -0.25) is 4.99 Å². The lowest BCUT2D eigenvalue weighted by molar-refractivity contribution is -0.134. The first kappa shape index (κ1) is 12.4. The molecule has 0 aromatic carbocycles. The maximum Gasteiger partial charge on any atom is 0.356 e. The van der Waals surface area contributed by atoms with Gasteiger partial charge in [0.25, 0.3) is 0 Å². The summed E-state index contributed by atoms with van der Waals surface area (Å²) < 4.78 is 4.78. The zero-order valence-electron chi connectivity index (χ0n) is 8.62. The van der Waals surface area contributed by atoms with E-state index in [1.165, 1.54) is 12.3 Å². The van der Waals surface area contributed by atoms with E-state index < -0.39 is 5.97 Å². The van der Waals surface area contributed by atoms with Gasteiger partial charge in [0.15, 0.2) is 0 Å². The molecular formula is C10H16N2O2. The Morgan fingerprint density at radius 1 is 1.64 bits per heavy atom. The van der Waals surface area contributed by atoms with Crippen LogP contribution in [0.2, 0.25) is 0 Å². The van der Waals surface area contributed by atoms with Gasteiger partial charge in [-0.2, -0.15) is 0 Å². The molecular weight excluding hydrogens is 180 g/mol. The molecule has 0 spiro atoms. The van der Waals surface area contributed by atoms with Crippen molar-refractivity contribution in [2.24, 2.45) is 10.7 Å². The summed E-state index contributed by atoms with van der Waals surface area (Å²) in [4.78, 5) is 15.3. The van der Waals surface area contributed by atoms with E-state index in [0.29, 0.717) is 13.2 Å². The minimum atomic E-state index is -0.463. The van der Waals surface area contributed by atoms with Crippen molar-refractivity contribution in [3.8, 4) is 0 Å². The summed E-state index contributed by atoms with van der Waals surface area (Å²) in [5.74, 6) is -0.463. The Bertz CT molecular complexity index is 267. The largest absolute Gasteiger partial charge is 0.461 e. The highest BCUT2D eigenvalue weighted by Gasteiger charge is 2.07. The van der Waals surface area contributed by atoms with Crippen molar-refractivity contribution in [1.82, 2.24) is 0 Å². The average molecular weight is 196 g/mol. The van der Waals surface area contributed by atoms with Gasteiger partial charge in [-0.25, -0.2) is 4.79 Å². The smallest absolute Gasteiger partial charge is 0.356 e. The predicted molar refractivity (Wildman–Crippen MR) is 57.1 cm³/mol. The highest BCUT2D eigenvalue weighted by Crippen LogP contribution is 1.93. The third-order valence-electron chi connectivity index (χ3n) is 1.26. The minimum absolute atomic E-state index is 0.220. The van der Waals surface area contributed by atoms with Crippen molar-refractivity contribution in [3.05, 3.63) is 24.4 Å². The second-order valence-corrected chi connectivity index (χ2v) is 2.74. The summed E-state index contributed by atoms with van der Waals surface area (Å²) in [6, 6.07) is 0. The number of hydrogen-bond donors (Lipinski definition) is 1. The lowest BCUT2D eigenvalue weighted by Gasteiger charge is -2.01. The normalized spacial score (nSPS) is 11.7. The molecule has 0 aromatic heterocycles. The van der Waals surface area contributed by atoms with Crippen LogP contribution in [0.3, 0.4) is 0 Å². The SMILES string of the molecule is C=C(C)CN=C(C=CN)C(=O)OCC. The molecule has 14 heavy (non-hydrogen) atoms. The average Bonchev–Trinajstić information content (AvgIpc) is 2.12. The highest BCUT2D eigenvalue weighted by atomic mass is 16.5. The standard InChI is InChI=1S/C10H16N2O2/c1-4-14-10(13)9(5-6-11)12-7-8(2)3/h5-6H,2,4,7,11H2,1,3H3. The lowest BCUT2D eigenvalue weighted by Crippen LogP contribution is -2.16. The number of nitrogens with two attached hydrogens (primary N) is 1. The summed E-state index contributed by atoms with van der Waals surface area (Å²) in [7, 11) is 0. The summed E-state index contributed by atoms with van der Waals surface area (Å²) in [5.41, 5.74) is 6.27. The van der Waals surface area contributed by atoms with Gasteiger partial charge in [-0.05, 0) is 26.1 Å². The van der Waals surface area contributed by atoms with Crippen molar-refractivity contribution < 1.29 is 9.53 Å². The molecule has 0 atom stereocenters. The first-order valence-electron chi connectivity index (χ1n) is 4.36. The Kier molecular flexibility index (Phi) is 6.11. The number of nitrogens with zero attached hydrogens (tertiary/aromatic N) is 1. The molecule has 0 aliphatic heterocycles. The fourth-order valence-electron chi connectivity index (χ4n) is 0.702. The fraction of sp³-hybridized carbons (Fsp3) is 0.400. The zero-order chi connectivity index (χ0) is 11.0. The zero-order valence-corrected chi connectivity index (χ0v) is 8.62. The molecule has 0 amide bonds. The lowest BCUT2D eigenvalue weighted by atomic mass is 10.3. The van der Waals surface area contributed by atoms with Crippen LogP contribution < -0.4 is 5.73 Å². The highest BCUT2D eigenvalue weighted by molar-refractivity contribution is 6.41. The summed E-state index contributed by atoms with van der Waals surface area (Å²) in [6.07, 6.45) is 2.68. The summed E-state index contributed by atoms with van der Waals surface area (Å²) in [5, 5.41) is 0. The van der Waals surface area contributed by atoms with Crippen molar-refractivity contribution in [3.63, 3.8) is 0 Å². The van der Waals surface area contributed by atoms with Crippen LogP contribution in [0.4, 0.5) is 0 Å². The van der Waals surface area contributed by atoms with Crippen LogP contribution in [0.1, 0.15) is 13.8 Å². The molecule has 0 aromatic rings. The molecule has 2 N–H and O–H groups in total. The maximum atomic E-state index is 11.3. The van der Waals surface area contributed by atoms with Crippen molar-refractivity contribution in [2.45, 2.75) is 13.8 Å². The Hall–Kier alpha value is -1.58. The van der Waals surface area contributed by atoms with Crippen molar-refractivity contribution in [1.29, 1.82) is 0 Å². The minimum Gasteiger partial charge on any atom is -0.461 e. The molecule has 0 rings (SSSR count). The third kappa shape index (κ3) is 5.13. The second kappa shape index (κ2) is 6.88. The Balaban J connectivity index is 4.49. The van der Waals surface area contributed by atoms with Gasteiger partial charge in [0.2, 0.25) is 0 Å². The number of carbonyl (C=O) groups excluding carboxylic acids is 1. The molecule has 4 nitrogen and oxygen atoms in total. The van der Waals surface area contributed by atoms with E-state index in [4.69, 9.17) is 10.5 Å². The maximum absolute atomic E-state index is 11.3. The topological polar surface area (TPSA) is 64.7 Å². The molecule has 0 fully saturated rings. The Morgan fingerprint density at radius 2 is 2.29 bits per heavy atom. The van der Waals surface area contributed by atoms with Crippen LogP contribution in [0.15, 0.2) is 29.4 Å². The number of aliphatic imine (C=N–C) groups is 1. The third-order valence-corrected chi connectivity index (χ3v) is 1.26. The van der Waals surface area contributed by atoms with Crippen molar-refractivity contribution in [2.75, 3.05) is 13.2 Å². The molecule has 78 valence electrons. The number of ether oxygens (including phenoxy) is 1. The van der Waals surface area contributed by atoms with Crippen LogP contribution in [0, 0.1) is 0 Å². The first-order valence-corrected chi connectivity index (χ1v) is 4.36. The predicted octanol–water partition coefficient (Wildman–Crippen LogP) is 1.04. The van der Waals surface area contributed by atoms with E-state index in [2.05, 4.69) is 11.6 Å². The number of esters is 1. The molecule has 0 saturated heterocycles. The van der Waals surface area contributed by atoms with Crippen LogP contribution in [-0.2, 0) is 9.53 Å². The monoisotopic (exact) mass is 196 g/mol. The van der Waals surface area contributed by atoms with Crippen molar-refractivity contribution >= 4 is 11.7 Å². The molecule has 0 bridgehead atoms. The summed E-state index contributed by atoms with van der Waals surface area (Å²) >= 11 is 0. The van der Waals surface area contributed by atoms with Gasteiger partial charge in [-0.15, -0.1) is 0 Å². The molecule has 0 saturated carbocycles. The second-order valence-electron chi connectivity index (χ2n) is 2.74. The van der Waals surface area contributed by atoms with Gasteiger partial charge in [0.1, 0.15) is 5.71 Å². The van der Waals surface area contributed by atoms with Gasteiger partial charge >= 0.3 is 5.97 Å². The van der Waals surface area contributed by atoms with Crippen LogP contribution >= 0.6 is 0 Å². The molecule has 0 aliphatic carbocycles. The van der Waals surface area contributed by atoms with Crippen LogP contribution in [0.5, 0.6) is 0 Å². The number of hydrogen-bond acceptors (Lipinski definition) is 4. The summed E-state index contributed by atoms with van der Waals surface area (Å²) in [6.45, 7) is 7.97. The van der Waals surface area contributed by atoms with E-state index >= 15 is 0 Å². The van der Waals surface area contributed by atoms with Gasteiger partial charge in [-0.1, -0.05) is 12.2 Å². The molecule has 0 unspecified atom stereocenters. The van der Waals surface area contributed by atoms with E-state index in [1.807, 2.05) is 6.92 Å². The molecule has 4 heteroatoms. The van der Waals surface area contributed by atoms with E-state index in [9.17, 15) is 4.79 Å². The van der Waals surface area contributed by atoms with Gasteiger partial charge in [0, 0.05) is 0 Å². The Morgan fingerprint density at radius 3 is 2.71 bits per heavy atom. The van der Waals surface area contributed by atoms with E-state index in [-0.39, 0.29) is 5.71 Å². The molecule has 0 aliphatic rings. The van der Waals surface area contributed by atoms with Crippen LogP contribution in [0.25, 0.3) is 0 Å². The number of rotatable bonds is 5. The van der Waals surface area contributed by atoms with E-state index in [0.717, 1.165) is 5.57 Å². The van der Waals surface area contributed by atoms with Crippen LogP contribution in [-0.4, -0.2) is 24.8 Å². The van der Waals surface area contributed by atoms with Gasteiger partial charge < -0.3 is 10.5 Å². The van der Waals surface area contributed by atoms with E-state index in [1.54, 1.807) is 6.92 Å².